The molecule has 1 unspecified atom stereocenters. The molecule has 17 heavy (non-hydrogen) atoms. The highest BCUT2D eigenvalue weighted by atomic mass is 32.2. The van der Waals surface area contributed by atoms with Gasteiger partial charge >= 0.3 is 5.51 Å². The van der Waals surface area contributed by atoms with Crippen LogP contribution >= 0.6 is 10.5 Å². The van der Waals surface area contributed by atoms with Gasteiger partial charge in [-0.2, -0.15) is 0 Å². The van der Waals surface area contributed by atoms with Crippen LogP contribution in [0.5, 0.6) is 0 Å². The van der Waals surface area contributed by atoms with Crippen molar-refractivity contribution in [2.45, 2.75) is 18.3 Å². The highest BCUT2D eigenvalue weighted by Crippen LogP contribution is 2.38. The van der Waals surface area contributed by atoms with Crippen molar-refractivity contribution < 1.29 is 13.2 Å². The Balaban J connectivity index is 2.47. The van der Waals surface area contributed by atoms with E-state index in [4.69, 9.17) is 0 Å². The van der Waals surface area contributed by atoms with Gasteiger partial charge in [0.05, 0.1) is 0 Å². The minimum Gasteiger partial charge on any atom is -0.118 e. The van der Waals surface area contributed by atoms with Crippen molar-refractivity contribution in [1.29, 1.82) is 0 Å². The van der Waals surface area contributed by atoms with Gasteiger partial charge in [-0.1, -0.05) is 24.3 Å². The standard InChI is InChI=1S/C13H10F3S/c14-13(15,16)17-11-7-3-1-5-9(11)10-6-2-4-8-12(10)17/h1-3,6-8H,4-5H2/q+1. The quantitative estimate of drug-likeness (QED) is 0.625. The lowest BCUT2D eigenvalue weighted by molar-refractivity contribution is -0.0873. The molecule has 1 aromatic rings. The summed E-state index contributed by atoms with van der Waals surface area (Å²) in [7, 11) is -1.73. The van der Waals surface area contributed by atoms with Crippen LogP contribution in [0.15, 0.2) is 18.2 Å². The molecule has 88 valence electrons. The summed E-state index contributed by atoms with van der Waals surface area (Å²) in [6, 6.07) is 0. The molecule has 0 saturated carbocycles. The van der Waals surface area contributed by atoms with E-state index in [2.05, 4.69) is 0 Å². The summed E-state index contributed by atoms with van der Waals surface area (Å²) in [6.45, 7) is 0. The van der Waals surface area contributed by atoms with Crippen LogP contribution < -0.4 is 9.06 Å². The van der Waals surface area contributed by atoms with Crippen molar-refractivity contribution in [3.05, 3.63) is 38.4 Å². The average Bonchev–Trinajstić information content (AvgIpc) is 2.63. The number of allylic oxidation sites excluding steroid dienone is 3. The van der Waals surface area contributed by atoms with Gasteiger partial charge in [0.15, 0.2) is 9.06 Å². The van der Waals surface area contributed by atoms with Gasteiger partial charge in [-0.25, -0.2) is 0 Å². The molecule has 0 aromatic carbocycles. The Hall–Kier alpha value is -1.29. The van der Waals surface area contributed by atoms with Crippen LogP contribution in [0.2, 0.25) is 0 Å². The number of thiophene rings is 1. The van der Waals surface area contributed by atoms with Gasteiger partial charge in [-0.15, -0.1) is 13.2 Å². The molecule has 0 N–H and O–H groups in total. The smallest absolute Gasteiger partial charge is 0.118 e. The Morgan fingerprint density at radius 3 is 2.71 bits per heavy atom. The van der Waals surface area contributed by atoms with E-state index in [9.17, 15) is 13.2 Å². The Bertz CT molecular complexity index is 642. The van der Waals surface area contributed by atoms with E-state index in [0.29, 0.717) is 21.9 Å². The molecule has 0 radical (unpaired) electrons. The van der Waals surface area contributed by atoms with E-state index in [0.717, 1.165) is 11.1 Å². The van der Waals surface area contributed by atoms with Crippen LogP contribution in [0.4, 0.5) is 13.2 Å². The van der Waals surface area contributed by atoms with Gasteiger partial charge in [0, 0.05) is 11.1 Å². The number of hydrogen-bond acceptors (Lipinski definition) is 0. The fraction of sp³-hybridized carbons (Fsp3) is 0.231. The van der Waals surface area contributed by atoms with Crippen molar-refractivity contribution in [1.82, 2.24) is 0 Å². The molecule has 0 aliphatic heterocycles. The minimum atomic E-state index is -4.17. The second-order valence-electron chi connectivity index (χ2n) is 4.01. The number of alkyl halides is 3. The average molecular weight is 255 g/mol. The third-order valence-electron chi connectivity index (χ3n) is 2.99. The summed E-state index contributed by atoms with van der Waals surface area (Å²) in [5.74, 6) is 0. The predicted octanol–water partition coefficient (Wildman–Crippen LogP) is 3.00. The first-order chi connectivity index (χ1) is 8.09. The molecule has 1 aromatic heterocycles. The fourth-order valence-electron chi connectivity index (χ4n) is 2.34. The lowest BCUT2D eigenvalue weighted by Gasteiger charge is -1.97. The maximum Gasteiger partial charge on any atom is 0.601 e. The summed E-state index contributed by atoms with van der Waals surface area (Å²) < 4.78 is 40.4. The molecule has 1 atom stereocenters. The summed E-state index contributed by atoms with van der Waals surface area (Å²) in [4.78, 5) is 0. The van der Waals surface area contributed by atoms with E-state index >= 15 is 0 Å². The monoisotopic (exact) mass is 255 g/mol. The predicted molar refractivity (Wildman–Crippen MR) is 64.9 cm³/mol. The highest BCUT2D eigenvalue weighted by Gasteiger charge is 2.47. The number of halogens is 3. The molecule has 4 heteroatoms. The van der Waals surface area contributed by atoms with Crippen molar-refractivity contribution in [2.24, 2.45) is 0 Å². The van der Waals surface area contributed by atoms with Gasteiger partial charge in [-0.05, 0) is 25.0 Å². The van der Waals surface area contributed by atoms with E-state index in [1.54, 1.807) is 18.2 Å². The van der Waals surface area contributed by atoms with Crippen LogP contribution in [0, 0.1) is 0 Å². The third kappa shape index (κ3) is 1.59. The number of hydrogen-bond donors (Lipinski definition) is 0. The lowest BCUT2D eigenvalue weighted by Crippen LogP contribution is -2.16. The Morgan fingerprint density at radius 1 is 1.12 bits per heavy atom. The van der Waals surface area contributed by atoms with Crippen LogP contribution in [-0.2, 0) is 11.9 Å². The van der Waals surface area contributed by atoms with Crippen molar-refractivity contribution in [3.8, 4) is 0 Å². The Labute approximate surface area is 99.1 Å². The zero-order valence-electron chi connectivity index (χ0n) is 8.92. The zero-order chi connectivity index (χ0) is 12.0. The second kappa shape index (κ2) is 3.60. The van der Waals surface area contributed by atoms with Gasteiger partial charge in [0.1, 0.15) is 10.5 Å². The molecule has 3 rings (SSSR count). The van der Waals surface area contributed by atoms with E-state index < -0.39 is 16.0 Å². The first-order valence-electron chi connectivity index (χ1n) is 5.37. The molecule has 2 aliphatic rings. The summed E-state index contributed by atoms with van der Waals surface area (Å²) in [6.07, 6.45) is 12.0. The van der Waals surface area contributed by atoms with Crippen LogP contribution in [0.25, 0.3) is 18.2 Å². The maximum absolute atomic E-state index is 13.2. The molecule has 0 saturated heterocycles. The molecule has 1 heterocycles. The van der Waals surface area contributed by atoms with Gasteiger partial charge in [0.2, 0.25) is 0 Å². The largest absolute Gasteiger partial charge is 0.601 e. The normalized spacial score (nSPS) is 18.2. The zero-order valence-corrected chi connectivity index (χ0v) is 9.74. The van der Waals surface area contributed by atoms with Gasteiger partial charge in [-0.3, -0.25) is 0 Å². The summed E-state index contributed by atoms with van der Waals surface area (Å²) in [5.41, 5.74) is -2.51. The van der Waals surface area contributed by atoms with Crippen molar-refractivity contribution in [2.75, 3.05) is 0 Å². The molecule has 2 aliphatic carbocycles. The minimum absolute atomic E-state index is 0.466. The topological polar surface area (TPSA) is 0 Å². The van der Waals surface area contributed by atoms with Crippen LogP contribution in [0.3, 0.4) is 0 Å². The van der Waals surface area contributed by atoms with E-state index in [-0.39, 0.29) is 0 Å². The van der Waals surface area contributed by atoms with E-state index in [1.165, 1.54) is 0 Å². The molecule has 0 nitrogen and oxygen atoms in total. The van der Waals surface area contributed by atoms with Gasteiger partial charge < -0.3 is 0 Å². The third-order valence-corrected chi connectivity index (χ3v) is 5.10. The van der Waals surface area contributed by atoms with Crippen molar-refractivity contribution >= 4 is 28.7 Å². The first-order valence-corrected chi connectivity index (χ1v) is 6.60. The molecule has 0 bridgehead atoms. The lowest BCUT2D eigenvalue weighted by atomic mass is 10.0. The first kappa shape index (κ1) is 10.8. The maximum atomic E-state index is 13.2. The van der Waals surface area contributed by atoms with Crippen molar-refractivity contribution in [3.63, 3.8) is 0 Å². The Kier molecular flexibility index (Phi) is 2.30. The molecular weight excluding hydrogens is 245 g/mol. The molecule has 0 fully saturated rings. The highest BCUT2D eigenvalue weighted by molar-refractivity contribution is 7.29. The molecule has 0 amide bonds. The number of rotatable bonds is 0. The van der Waals surface area contributed by atoms with E-state index in [1.807, 2.05) is 18.2 Å². The van der Waals surface area contributed by atoms with Gasteiger partial charge in [0.25, 0.3) is 0 Å². The van der Waals surface area contributed by atoms with Crippen LogP contribution in [0.1, 0.15) is 17.5 Å². The van der Waals surface area contributed by atoms with Crippen LogP contribution in [-0.4, -0.2) is 0 Å². The number of fused-ring (bicyclic) bond motifs is 3. The summed E-state index contributed by atoms with van der Waals surface area (Å²) >= 11 is 0. The fourth-order valence-corrected chi connectivity index (χ4v) is 4.40. The molecular formula is C13H10F3S+. The summed E-state index contributed by atoms with van der Waals surface area (Å²) in [5, 5.41) is 0. The Morgan fingerprint density at radius 2 is 1.94 bits per heavy atom. The second-order valence-corrected chi connectivity index (χ2v) is 5.97. The molecule has 0 spiro atoms. The SMILES string of the molecule is FC(F)(F)[s+]1c2c(c3c1=CC=CC3)C=CCC=2.